The van der Waals surface area contributed by atoms with Crippen molar-refractivity contribution in [3.63, 3.8) is 0 Å². The normalized spacial score (nSPS) is 41.0. The van der Waals surface area contributed by atoms with Crippen LogP contribution in [0.15, 0.2) is 0 Å². The first-order chi connectivity index (χ1) is 7.04. The van der Waals surface area contributed by atoms with Crippen LogP contribution in [0, 0.1) is 0 Å². The van der Waals surface area contributed by atoms with Gasteiger partial charge in [0.25, 0.3) is 0 Å². The Bertz CT molecular complexity index is 276. The smallest absolute Gasteiger partial charge is 0.0972 e. The molecule has 0 aliphatic heterocycles. The Morgan fingerprint density at radius 3 is 2.33 bits per heavy atom. The van der Waals surface area contributed by atoms with Crippen molar-refractivity contribution in [3.8, 4) is 0 Å². The molecule has 0 radical (unpaired) electrons. The van der Waals surface area contributed by atoms with Crippen molar-refractivity contribution in [2.45, 2.75) is 69.7 Å². The summed E-state index contributed by atoms with van der Waals surface area (Å²) in [6.45, 7) is 7.46. The van der Waals surface area contributed by atoms with Gasteiger partial charge in [-0.3, -0.25) is 0 Å². The van der Waals surface area contributed by atoms with Crippen molar-refractivity contribution in [2.24, 2.45) is 0 Å². The van der Waals surface area contributed by atoms with Gasteiger partial charge in [0.05, 0.1) is 21.3 Å². The maximum absolute atomic E-state index is 11.9. The van der Waals surface area contributed by atoms with Gasteiger partial charge in [0.1, 0.15) is 0 Å². The lowest BCUT2D eigenvalue weighted by atomic mass is 9.84. The lowest BCUT2D eigenvalue weighted by Crippen LogP contribution is -2.44. The molecular weight excluding hydrogens is 210 g/mol. The van der Waals surface area contributed by atoms with Crippen LogP contribution in [0.5, 0.6) is 0 Å². The van der Waals surface area contributed by atoms with Gasteiger partial charge < -0.3 is 5.11 Å². The second-order valence-corrected chi connectivity index (χ2v) is 7.55. The SMILES string of the molecule is [2H]C1(N[S@](=O)C(C)(C)C)CCC(C)(O)CC1. The molecule has 0 amide bonds. The van der Waals surface area contributed by atoms with Crippen molar-refractivity contribution >= 4 is 11.0 Å². The van der Waals surface area contributed by atoms with E-state index in [-0.39, 0.29) is 4.75 Å². The Labute approximate surface area is 96.6 Å². The number of hydrogen-bond donors (Lipinski definition) is 2. The van der Waals surface area contributed by atoms with Gasteiger partial charge in [0, 0.05) is 7.39 Å². The molecule has 0 bridgehead atoms. The van der Waals surface area contributed by atoms with Gasteiger partial charge in [0.2, 0.25) is 0 Å². The third-order valence-corrected chi connectivity index (χ3v) is 4.31. The summed E-state index contributed by atoms with van der Waals surface area (Å²) >= 11 is 0. The van der Waals surface area contributed by atoms with Crippen molar-refractivity contribution in [3.05, 3.63) is 0 Å². The Hall–Kier alpha value is 0.0700. The molecule has 1 atom stereocenters. The molecule has 0 unspecified atom stereocenters. The van der Waals surface area contributed by atoms with E-state index in [0.29, 0.717) is 25.7 Å². The molecule has 1 rings (SSSR count). The van der Waals surface area contributed by atoms with E-state index < -0.39 is 22.6 Å². The molecule has 0 heterocycles. The van der Waals surface area contributed by atoms with Gasteiger partial charge in [0.15, 0.2) is 0 Å². The Balaban J connectivity index is 2.58. The second kappa shape index (κ2) is 4.52. The first-order valence-corrected chi connectivity index (χ1v) is 6.61. The van der Waals surface area contributed by atoms with Crippen molar-refractivity contribution in [2.75, 3.05) is 0 Å². The summed E-state index contributed by atoms with van der Waals surface area (Å²) < 4.78 is 22.7. The lowest BCUT2D eigenvalue weighted by molar-refractivity contribution is 0.0164. The zero-order chi connectivity index (χ0) is 12.6. The average molecular weight is 234 g/mol. The van der Waals surface area contributed by atoms with E-state index in [9.17, 15) is 9.32 Å². The van der Waals surface area contributed by atoms with E-state index in [0.717, 1.165) is 0 Å². The van der Waals surface area contributed by atoms with E-state index in [2.05, 4.69) is 4.72 Å². The molecule has 4 heteroatoms. The minimum atomic E-state index is -1.22. The molecule has 15 heavy (non-hydrogen) atoms. The van der Waals surface area contributed by atoms with Gasteiger partial charge >= 0.3 is 0 Å². The fourth-order valence-corrected chi connectivity index (χ4v) is 2.25. The Morgan fingerprint density at radius 1 is 1.47 bits per heavy atom. The molecule has 1 aliphatic carbocycles. The summed E-state index contributed by atoms with van der Waals surface area (Å²) in [5, 5.41) is 9.81. The highest BCUT2D eigenvalue weighted by Gasteiger charge is 2.30. The Morgan fingerprint density at radius 2 is 1.93 bits per heavy atom. The monoisotopic (exact) mass is 234 g/mol. The van der Waals surface area contributed by atoms with Crippen LogP contribution in [0.2, 0.25) is 0 Å². The maximum atomic E-state index is 11.9. The van der Waals surface area contributed by atoms with E-state index in [1.165, 1.54) is 0 Å². The summed E-state index contributed by atoms with van der Waals surface area (Å²) in [5.41, 5.74) is -0.657. The predicted molar refractivity (Wildman–Crippen MR) is 63.9 cm³/mol. The predicted octanol–water partition coefficient (Wildman–Crippen LogP) is 1.73. The van der Waals surface area contributed by atoms with E-state index in [1.54, 1.807) is 6.92 Å². The zero-order valence-electron chi connectivity index (χ0n) is 11.1. The Kier molecular flexibility index (Phi) is 3.48. The number of hydrogen-bond acceptors (Lipinski definition) is 2. The quantitative estimate of drug-likeness (QED) is 0.764. The summed E-state index contributed by atoms with van der Waals surface area (Å²) in [5.74, 6) is 0. The molecule has 2 N–H and O–H groups in total. The largest absolute Gasteiger partial charge is 0.390 e. The standard InChI is InChI=1S/C11H23NO2S/c1-10(2,3)15(14)12-9-5-7-11(4,13)8-6-9/h9,12-13H,5-8H2,1-4H3/t9?,11?,15-/m1/s1/i9D. The fourth-order valence-electron chi connectivity index (χ4n) is 1.48. The molecule has 3 nitrogen and oxygen atoms in total. The topological polar surface area (TPSA) is 49.3 Å². The first-order valence-electron chi connectivity index (χ1n) is 5.96. The van der Waals surface area contributed by atoms with Gasteiger partial charge in [-0.25, -0.2) is 8.93 Å². The minimum Gasteiger partial charge on any atom is -0.390 e. The van der Waals surface area contributed by atoms with Crippen LogP contribution in [0.4, 0.5) is 0 Å². The number of rotatable bonds is 2. The lowest BCUT2D eigenvalue weighted by Gasteiger charge is -2.34. The van der Waals surface area contributed by atoms with Crippen LogP contribution in [0.3, 0.4) is 0 Å². The first kappa shape index (κ1) is 11.6. The highest BCUT2D eigenvalue weighted by molar-refractivity contribution is 7.84. The van der Waals surface area contributed by atoms with E-state index >= 15 is 0 Å². The molecule has 0 saturated heterocycles. The van der Waals surface area contributed by atoms with Gasteiger partial charge in [-0.1, -0.05) is 0 Å². The van der Waals surface area contributed by atoms with Crippen LogP contribution >= 0.6 is 0 Å². The second-order valence-electron chi connectivity index (χ2n) is 5.58. The van der Waals surface area contributed by atoms with E-state index in [4.69, 9.17) is 1.37 Å². The minimum absolute atomic E-state index is 0.353. The van der Waals surface area contributed by atoms with E-state index in [1.807, 2.05) is 20.8 Å². The van der Waals surface area contributed by atoms with Gasteiger partial charge in [-0.2, -0.15) is 0 Å². The van der Waals surface area contributed by atoms with Crippen molar-refractivity contribution in [1.29, 1.82) is 0 Å². The van der Waals surface area contributed by atoms with Crippen LogP contribution in [0.25, 0.3) is 0 Å². The third kappa shape index (κ3) is 4.21. The molecular formula is C11H23NO2S. The number of aliphatic hydroxyl groups is 1. The van der Waals surface area contributed by atoms with Crippen LogP contribution in [-0.2, 0) is 11.0 Å². The fraction of sp³-hybridized carbons (Fsp3) is 1.00. The molecule has 0 aromatic rings. The van der Waals surface area contributed by atoms with Crippen molar-refractivity contribution < 1.29 is 10.7 Å². The maximum Gasteiger partial charge on any atom is 0.0972 e. The summed E-state index contributed by atoms with van der Waals surface area (Å²) in [6.07, 6.45) is 2.26. The summed E-state index contributed by atoms with van der Waals surface area (Å²) in [4.78, 5) is 0. The van der Waals surface area contributed by atoms with Gasteiger partial charge in [-0.05, 0) is 53.4 Å². The van der Waals surface area contributed by atoms with Crippen LogP contribution in [-0.4, -0.2) is 25.7 Å². The van der Waals surface area contributed by atoms with Crippen molar-refractivity contribution in [1.82, 2.24) is 4.72 Å². The zero-order valence-corrected chi connectivity index (χ0v) is 10.9. The van der Waals surface area contributed by atoms with Crippen LogP contribution in [0.1, 0.15) is 54.7 Å². The highest BCUT2D eigenvalue weighted by Crippen LogP contribution is 2.28. The molecule has 1 saturated carbocycles. The molecule has 1 aliphatic rings. The molecule has 0 spiro atoms. The van der Waals surface area contributed by atoms with Gasteiger partial charge in [-0.15, -0.1) is 0 Å². The molecule has 90 valence electrons. The molecule has 1 fully saturated rings. The summed E-state index contributed by atoms with van der Waals surface area (Å²) in [7, 11) is -1.22. The summed E-state index contributed by atoms with van der Waals surface area (Å²) in [6, 6.07) is -0.847. The molecule has 0 aromatic heterocycles. The highest BCUT2D eigenvalue weighted by atomic mass is 32.2. The molecule has 0 aromatic carbocycles. The number of nitrogens with one attached hydrogen (secondary N) is 1. The third-order valence-electron chi connectivity index (χ3n) is 2.72. The average Bonchev–Trinajstić information content (AvgIpc) is 2.10. The van der Waals surface area contributed by atoms with Crippen LogP contribution < -0.4 is 4.72 Å².